The molecule has 0 saturated heterocycles. The van der Waals surface area contributed by atoms with Crippen LogP contribution in [0.15, 0.2) is 17.2 Å². The summed E-state index contributed by atoms with van der Waals surface area (Å²) in [5.74, 6) is 2.13. The van der Waals surface area contributed by atoms with Gasteiger partial charge in [-0.15, -0.1) is 0 Å². The van der Waals surface area contributed by atoms with Crippen molar-refractivity contribution in [2.75, 3.05) is 13.7 Å². The number of hydrazone groups is 1. The first-order valence-corrected chi connectivity index (χ1v) is 9.92. The molecule has 1 amide bonds. The van der Waals surface area contributed by atoms with Crippen LogP contribution in [0.1, 0.15) is 45.1 Å². The summed E-state index contributed by atoms with van der Waals surface area (Å²) in [5.41, 5.74) is 3.80. The summed E-state index contributed by atoms with van der Waals surface area (Å²) in [4.78, 5) is 12.4. The van der Waals surface area contributed by atoms with Crippen LogP contribution in [0.2, 0.25) is 0 Å². The predicted molar refractivity (Wildman–Crippen MR) is 106 cm³/mol. The van der Waals surface area contributed by atoms with Crippen LogP contribution in [0.3, 0.4) is 0 Å². The van der Waals surface area contributed by atoms with E-state index in [4.69, 9.17) is 9.47 Å². The van der Waals surface area contributed by atoms with Gasteiger partial charge in [-0.1, -0.05) is 19.8 Å². The van der Waals surface area contributed by atoms with Crippen molar-refractivity contribution in [3.8, 4) is 11.5 Å². The number of hydrogen-bond donors (Lipinski definition) is 1. The molecule has 0 aliphatic heterocycles. The van der Waals surface area contributed by atoms with Gasteiger partial charge in [-0.2, -0.15) is 5.10 Å². The molecular formula is C19H25IN2O3. The van der Waals surface area contributed by atoms with Crippen molar-refractivity contribution >= 4 is 34.7 Å². The van der Waals surface area contributed by atoms with Crippen LogP contribution in [0.25, 0.3) is 0 Å². The number of nitrogens with zero attached hydrogens (tertiary/aromatic N) is 1. The lowest BCUT2D eigenvalue weighted by Crippen LogP contribution is -2.22. The normalized spacial score (nSPS) is 27.7. The molecule has 3 rings (SSSR count). The summed E-state index contributed by atoms with van der Waals surface area (Å²) < 4.78 is 12.0. The first-order chi connectivity index (χ1) is 12.0. The number of amides is 1. The summed E-state index contributed by atoms with van der Waals surface area (Å²) in [5, 5.41) is 4.16. The molecule has 25 heavy (non-hydrogen) atoms. The molecular weight excluding hydrogens is 431 g/mol. The first-order valence-electron chi connectivity index (χ1n) is 8.84. The lowest BCUT2D eigenvalue weighted by atomic mass is 9.90. The van der Waals surface area contributed by atoms with Gasteiger partial charge in [-0.3, -0.25) is 4.79 Å². The number of carbonyl (C=O) groups is 1. The molecule has 0 bridgehead atoms. The summed E-state index contributed by atoms with van der Waals surface area (Å²) in [6.07, 6.45) is 6.48. The Balaban J connectivity index is 1.64. The fourth-order valence-corrected chi connectivity index (χ4v) is 4.97. The summed E-state index contributed by atoms with van der Waals surface area (Å²) in [6, 6.07) is 3.82. The molecule has 0 aromatic heterocycles. The second kappa shape index (κ2) is 7.51. The van der Waals surface area contributed by atoms with E-state index in [1.54, 1.807) is 13.3 Å². The van der Waals surface area contributed by atoms with E-state index in [0.29, 0.717) is 18.3 Å². The molecule has 6 heteroatoms. The van der Waals surface area contributed by atoms with Crippen molar-refractivity contribution in [1.82, 2.24) is 5.43 Å². The number of halogens is 1. The van der Waals surface area contributed by atoms with Crippen molar-refractivity contribution in [3.05, 3.63) is 21.3 Å². The molecule has 2 aliphatic carbocycles. The van der Waals surface area contributed by atoms with Crippen LogP contribution in [-0.4, -0.2) is 25.8 Å². The highest BCUT2D eigenvalue weighted by atomic mass is 127. The Morgan fingerprint density at radius 2 is 2.28 bits per heavy atom. The zero-order chi connectivity index (χ0) is 18.0. The second-order valence-electron chi connectivity index (χ2n) is 7.04. The zero-order valence-electron chi connectivity index (χ0n) is 15.0. The van der Waals surface area contributed by atoms with E-state index in [0.717, 1.165) is 21.3 Å². The number of methoxy groups -OCH3 is 1. The van der Waals surface area contributed by atoms with Gasteiger partial charge in [-0.05, 0) is 71.4 Å². The van der Waals surface area contributed by atoms with E-state index in [2.05, 4.69) is 40.0 Å². The van der Waals surface area contributed by atoms with Crippen molar-refractivity contribution in [3.63, 3.8) is 0 Å². The number of rotatable bonds is 6. The van der Waals surface area contributed by atoms with Gasteiger partial charge in [0, 0.05) is 5.92 Å². The third-order valence-electron chi connectivity index (χ3n) is 5.54. The van der Waals surface area contributed by atoms with Gasteiger partial charge in [-0.25, -0.2) is 5.43 Å². The highest BCUT2D eigenvalue weighted by molar-refractivity contribution is 14.1. The number of nitrogens with one attached hydrogen (secondary N) is 1. The van der Waals surface area contributed by atoms with E-state index in [-0.39, 0.29) is 17.2 Å². The Morgan fingerprint density at radius 3 is 2.92 bits per heavy atom. The number of benzene rings is 1. The van der Waals surface area contributed by atoms with Crippen LogP contribution < -0.4 is 14.9 Å². The van der Waals surface area contributed by atoms with E-state index < -0.39 is 0 Å². The Kier molecular flexibility index (Phi) is 5.55. The van der Waals surface area contributed by atoms with Crippen LogP contribution in [-0.2, 0) is 4.79 Å². The van der Waals surface area contributed by atoms with Gasteiger partial charge in [0.1, 0.15) is 0 Å². The number of ether oxygens (including phenoxy) is 2. The highest BCUT2D eigenvalue weighted by Gasteiger charge is 2.64. The molecule has 136 valence electrons. The quantitative estimate of drug-likeness (QED) is 0.401. The minimum atomic E-state index is 0.0539. The average molecular weight is 456 g/mol. The molecule has 0 spiro atoms. The van der Waals surface area contributed by atoms with Gasteiger partial charge in [0.25, 0.3) is 0 Å². The first kappa shape index (κ1) is 18.5. The van der Waals surface area contributed by atoms with Crippen molar-refractivity contribution in [1.29, 1.82) is 0 Å². The predicted octanol–water partition coefficient (Wildman–Crippen LogP) is 3.97. The number of carbonyl (C=O) groups excluding carboxylic acids is 1. The summed E-state index contributed by atoms with van der Waals surface area (Å²) >= 11 is 2.21. The SMILES string of the molecule is CCOc1c(I)cc(/C=N\NC(=O)[C@@H]2[C@@H]3CCCC[C@]23C)cc1OC. The fraction of sp³-hybridized carbons (Fsp3) is 0.579. The van der Waals surface area contributed by atoms with Gasteiger partial charge in [0.05, 0.1) is 23.5 Å². The second-order valence-corrected chi connectivity index (χ2v) is 8.20. The maximum absolute atomic E-state index is 12.4. The molecule has 1 aromatic rings. The Morgan fingerprint density at radius 1 is 1.48 bits per heavy atom. The van der Waals surface area contributed by atoms with Crippen LogP contribution in [0.4, 0.5) is 0 Å². The highest BCUT2D eigenvalue weighted by Crippen LogP contribution is 2.66. The zero-order valence-corrected chi connectivity index (χ0v) is 17.1. The van der Waals surface area contributed by atoms with E-state index in [1.807, 2.05) is 19.1 Å². The maximum atomic E-state index is 12.4. The van der Waals surface area contributed by atoms with Gasteiger partial charge in [0.2, 0.25) is 5.91 Å². The van der Waals surface area contributed by atoms with Gasteiger partial charge in [0.15, 0.2) is 11.5 Å². The molecule has 0 unspecified atom stereocenters. The molecule has 2 fully saturated rings. The molecule has 1 N–H and O–H groups in total. The standard InChI is InChI=1S/C19H25IN2O3/c1-4-25-17-14(20)9-12(10-15(17)24-3)11-21-22-18(23)16-13-7-5-6-8-19(13,16)2/h9-11,13,16H,4-8H2,1-3H3,(H,22,23)/b21-11-/t13-,16-,19-/m0/s1. The number of hydrogen-bond acceptors (Lipinski definition) is 4. The maximum Gasteiger partial charge on any atom is 0.244 e. The molecule has 2 saturated carbocycles. The lowest BCUT2D eigenvalue weighted by Gasteiger charge is -2.15. The monoisotopic (exact) mass is 456 g/mol. The van der Waals surface area contributed by atoms with Crippen LogP contribution in [0.5, 0.6) is 11.5 Å². The van der Waals surface area contributed by atoms with Crippen molar-refractivity contribution in [2.24, 2.45) is 22.4 Å². The molecule has 3 atom stereocenters. The smallest absolute Gasteiger partial charge is 0.244 e. The molecule has 1 aromatic carbocycles. The third kappa shape index (κ3) is 3.64. The third-order valence-corrected chi connectivity index (χ3v) is 6.34. The van der Waals surface area contributed by atoms with Gasteiger partial charge < -0.3 is 9.47 Å². The van der Waals surface area contributed by atoms with Gasteiger partial charge >= 0.3 is 0 Å². The number of fused-ring (bicyclic) bond motifs is 1. The van der Waals surface area contributed by atoms with Crippen LogP contribution in [0, 0.1) is 20.8 Å². The van der Waals surface area contributed by atoms with Crippen molar-refractivity contribution in [2.45, 2.75) is 39.5 Å². The molecule has 0 heterocycles. The van der Waals surface area contributed by atoms with Crippen molar-refractivity contribution < 1.29 is 14.3 Å². The Labute approximate surface area is 162 Å². The average Bonchev–Trinajstić information content (AvgIpc) is 3.22. The van der Waals surface area contributed by atoms with Crippen LogP contribution >= 0.6 is 22.6 Å². The molecule has 2 aliphatic rings. The Bertz CT molecular complexity index is 691. The van der Waals surface area contributed by atoms with E-state index in [1.165, 1.54) is 19.3 Å². The fourth-order valence-electron chi connectivity index (χ4n) is 4.19. The molecule has 5 nitrogen and oxygen atoms in total. The minimum Gasteiger partial charge on any atom is -0.493 e. The minimum absolute atomic E-state index is 0.0539. The molecule has 0 radical (unpaired) electrons. The van der Waals surface area contributed by atoms with E-state index in [9.17, 15) is 4.79 Å². The van der Waals surface area contributed by atoms with E-state index >= 15 is 0 Å². The summed E-state index contributed by atoms with van der Waals surface area (Å²) in [7, 11) is 1.62. The Hall–Kier alpha value is -1.31. The summed E-state index contributed by atoms with van der Waals surface area (Å²) in [6.45, 7) is 4.76. The largest absolute Gasteiger partial charge is 0.493 e. The lowest BCUT2D eigenvalue weighted by molar-refractivity contribution is -0.123. The topological polar surface area (TPSA) is 59.9 Å².